The van der Waals surface area contributed by atoms with Crippen molar-refractivity contribution in [1.82, 2.24) is 14.9 Å². The van der Waals surface area contributed by atoms with E-state index < -0.39 is 11.2 Å². The van der Waals surface area contributed by atoms with Gasteiger partial charge in [0, 0.05) is 19.2 Å². The largest absolute Gasteiger partial charge is 0.355 e. The van der Waals surface area contributed by atoms with Crippen molar-refractivity contribution >= 4 is 33.7 Å². The van der Waals surface area contributed by atoms with Gasteiger partial charge in [-0.15, -0.1) is 0 Å². The first kappa shape index (κ1) is 20.0. The second-order valence-corrected chi connectivity index (χ2v) is 7.24. The number of para-hydroxylation sites is 1. The topological polar surface area (TPSA) is 101 Å². The van der Waals surface area contributed by atoms with Crippen molar-refractivity contribution in [2.75, 3.05) is 12.3 Å². The molecule has 1 aromatic heterocycles. The maximum absolute atomic E-state index is 12.3. The van der Waals surface area contributed by atoms with Crippen LogP contribution in [0.15, 0.2) is 33.9 Å². The molecule has 0 radical (unpaired) electrons. The van der Waals surface area contributed by atoms with Crippen LogP contribution in [0.3, 0.4) is 0 Å². The third-order valence-corrected chi connectivity index (χ3v) is 4.79. The van der Waals surface area contributed by atoms with Gasteiger partial charge in [0.15, 0.2) is 5.12 Å². The summed E-state index contributed by atoms with van der Waals surface area (Å²) in [7, 11) is 0. The van der Waals surface area contributed by atoms with Gasteiger partial charge >= 0.3 is 5.69 Å². The molecule has 0 fully saturated rings. The summed E-state index contributed by atoms with van der Waals surface area (Å²) in [6.07, 6.45) is 3.74. The molecule has 26 heavy (non-hydrogen) atoms. The zero-order valence-corrected chi connectivity index (χ0v) is 15.6. The number of rotatable bonds is 9. The van der Waals surface area contributed by atoms with Crippen LogP contribution in [0.4, 0.5) is 0 Å². The molecule has 0 saturated carbocycles. The number of nitrogens with one attached hydrogen (secondary N) is 2. The van der Waals surface area contributed by atoms with Gasteiger partial charge in [-0.3, -0.25) is 19.0 Å². The number of aromatic amines is 1. The lowest BCUT2D eigenvalue weighted by Crippen LogP contribution is -2.40. The Labute approximate surface area is 155 Å². The van der Waals surface area contributed by atoms with E-state index in [1.807, 2.05) is 0 Å². The summed E-state index contributed by atoms with van der Waals surface area (Å²) < 4.78 is 0.913. The van der Waals surface area contributed by atoms with E-state index in [4.69, 9.17) is 0 Å². The molecule has 2 N–H and O–H groups in total. The van der Waals surface area contributed by atoms with Gasteiger partial charge in [0.2, 0.25) is 5.91 Å². The predicted octanol–water partition coefficient (Wildman–Crippen LogP) is 1.65. The normalized spacial score (nSPS) is 10.8. The summed E-state index contributed by atoms with van der Waals surface area (Å²) in [6, 6.07) is 6.71. The van der Waals surface area contributed by atoms with Crippen LogP contribution in [0, 0.1) is 0 Å². The van der Waals surface area contributed by atoms with Gasteiger partial charge in [-0.2, -0.15) is 0 Å². The van der Waals surface area contributed by atoms with Gasteiger partial charge in [0.05, 0.1) is 10.9 Å². The van der Waals surface area contributed by atoms with Crippen molar-refractivity contribution in [3.63, 3.8) is 0 Å². The van der Waals surface area contributed by atoms with Gasteiger partial charge in [-0.1, -0.05) is 36.7 Å². The second kappa shape index (κ2) is 9.96. The molecule has 0 unspecified atom stereocenters. The van der Waals surface area contributed by atoms with Crippen LogP contribution in [-0.4, -0.2) is 32.9 Å². The molecule has 140 valence electrons. The average Bonchev–Trinajstić information content (AvgIpc) is 2.60. The Balaban J connectivity index is 1.78. The van der Waals surface area contributed by atoms with Gasteiger partial charge in [0.1, 0.15) is 6.54 Å². The van der Waals surface area contributed by atoms with E-state index in [-0.39, 0.29) is 17.6 Å². The molecule has 1 amide bonds. The smallest absolute Gasteiger partial charge is 0.329 e. The number of hydrogen-bond acceptors (Lipinski definition) is 5. The molecule has 0 atom stereocenters. The monoisotopic (exact) mass is 377 g/mol. The molecule has 2 rings (SSSR count). The number of carbonyl (C=O) groups is 2. The minimum absolute atomic E-state index is 0.135. The Bertz CT molecular complexity index is 888. The highest BCUT2D eigenvalue weighted by Gasteiger charge is 2.10. The highest BCUT2D eigenvalue weighted by molar-refractivity contribution is 8.13. The Morgan fingerprint density at radius 1 is 1.12 bits per heavy atom. The first-order valence-electron chi connectivity index (χ1n) is 8.61. The van der Waals surface area contributed by atoms with Crippen LogP contribution in [0.2, 0.25) is 0 Å². The lowest BCUT2D eigenvalue weighted by Gasteiger charge is -2.08. The summed E-state index contributed by atoms with van der Waals surface area (Å²) in [5.41, 5.74) is -0.601. The van der Waals surface area contributed by atoms with Gasteiger partial charge in [-0.25, -0.2) is 4.79 Å². The van der Waals surface area contributed by atoms with Crippen molar-refractivity contribution in [2.45, 2.75) is 39.2 Å². The average molecular weight is 377 g/mol. The fraction of sp³-hybridized carbons (Fsp3) is 0.444. The molecular formula is C18H23N3O4S. The van der Waals surface area contributed by atoms with E-state index in [1.54, 1.807) is 31.2 Å². The number of hydrogen-bond donors (Lipinski definition) is 2. The van der Waals surface area contributed by atoms with Crippen molar-refractivity contribution in [3.8, 4) is 0 Å². The SMILES string of the molecule is CC(=O)SCCCCCCNC(=O)Cn1c(=O)[nH]c2ccccc2c1=O. The van der Waals surface area contributed by atoms with Crippen LogP contribution in [0.25, 0.3) is 10.9 Å². The highest BCUT2D eigenvalue weighted by atomic mass is 32.2. The van der Waals surface area contributed by atoms with Gasteiger partial charge in [-0.05, 0) is 25.0 Å². The standard InChI is InChI=1S/C18H23N3O4S/c1-13(22)26-11-7-3-2-6-10-19-16(23)12-21-17(24)14-8-4-5-9-15(14)20-18(21)25/h4-5,8-9H,2-3,6-7,10-12H2,1H3,(H,19,23)(H,20,25). The van der Waals surface area contributed by atoms with E-state index in [0.29, 0.717) is 17.4 Å². The molecule has 8 heteroatoms. The summed E-state index contributed by atoms with van der Waals surface area (Å²) in [5.74, 6) is 0.468. The number of carbonyl (C=O) groups excluding carboxylic acids is 2. The third kappa shape index (κ3) is 5.87. The lowest BCUT2D eigenvalue weighted by molar-refractivity contribution is -0.121. The number of thioether (sulfide) groups is 1. The molecule has 2 aromatic rings. The summed E-state index contributed by atoms with van der Waals surface area (Å²) >= 11 is 1.33. The van der Waals surface area contributed by atoms with E-state index in [2.05, 4.69) is 10.3 Å². The number of amides is 1. The van der Waals surface area contributed by atoms with Crippen LogP contribution < -0.4 is 16.6 Å². The van der Waals surface area contributed by atoms with Gasteiger partial charge in [0.25, 0.3) is 5.56 Å². The molecule has 0 aliphatic heterocycles. The fourth-order valence-corrected chi connectivity index (χ4v) is 3.20. The Morgan fingerprint density at radius 3 is 2.62 bits per heavy atom. The number of unbranched alkanes of at least 4 members (excludes halogenated alkanes) is 3. The number of H-pyrrole nitrogens is 1. The minimum atomic E-state index is -0.591. The number of nitrogens with zero attached hydrogens (tertiary/aromatic N) is 1. The zero-order chi connectivity index (χ0) is 18.9. The Hall–Kier alpha value is -2.35. The maximum Gasteiger partial charge on any atom is 0.329 e. The number of fused-ring (bicyclic) bond motifs is 1. The Kier molecular flexibility index (Phi) is 7.65. The van der Waals surface area contributed by atoms with Crippen molar-refractivity contribution in [3.05, 3.63) is 45.1 Å². The van der Waals surface area contributed by atoms with Crippen molar-refractivity contribution < 1.29 is 9.59 Å². The van der Waals surface area contributed by atoms with Crippen molar-refractivity contribution in [1.29, 1.82) is 0 Å². The molecule has 0 saturated heterocycles. The predicted molar refractivity (Wildman–Crippen MR) is 103 cm³/mol. The quantitative estimate of drug-likeness (QED) is 0.647. The minimum Gasteiger partial charge on any atom is -0.355 e. The zero-order valence-electron chi connectivity index (χ0n) is 14.7. The Morgan fingerprint density at radius 2 is 1.85 bits per heavy atom. The first-order chi connectivity index (χ1) is 12.5. The van der Waals surface area contributed by atoms with Gasteiger partial charge < -0.3 is 10.3 Å². The highest BCUT2D eigenvalue weighted by Crippen LogP contribution is 2.07. The molecule has 0 spiro atoms. The second-order valence-electron chi connectivity index (χ2n) is 5.97. The summed E-state index contributed by atoms with van der Waals surface area (Å²) in [6.45, 7) is 1.76. The molecule has 0 bridgehead atoms. The number of aromatic nitrogens is 2. The van der Waals surface area contributed by atoms with E-state index in [9.17, 15) is 19.2 Å². The fourth-order valence-electron chi connectivity index (χ4n) is 2.57. The molecule has 7 nitrogen and oxygen atoms in total. The van der Waals surface area contributed by atoms with E-state index in [1.165, 1.54) is 11.8 Å². The van der Waals surface area contributed by atoms with E-state index >= 15 is 0 Å². The lowest BCUT2D eigenvalue weighted by atomic mass is 10.2. The van der Waals surface area contributed by atoms with Crippen LogP contribution in [0.1, 0.15) is 32.6 Å². The summed E-state index contributed by atoms with van der Waals surface area (Å²) in [4.78, 5) is 49.8. The first-order valence-corrected chi connectivity index (χ1v) is 9.59. The molecular weight excluding hydrogens is 354 g/mol. The molecule has 0 aliphatic carbocycles. The van der Waals surface area contributed by atoms with Crippen LogP contribution in [-0.2, 0) is 16.1 Å². The molecule has 1 heterocycles. The van der Waals surface area contributed by atoms with Crippen LogP contribution in [0.5, 0.6) is 0 Å². The summed E-state index contributed by atoms with van der Waals surface area (Å²) in [5, 5.41) is 3.25. The molecule has 1 aromatic carbocycles. The molecule has 0 aliphatic rings. The third-order valence-electron chi connectivity index (χ3n) is 3.89. The van der Waals surface area contributed by atoms with E-state index in [0.717, 1.165) is 36.0 Å². The van der Waals surface area contributed by atoms with Crippen LogP contribution >= 0.6 is 11.8 Å². The maximum atomic E-state index is 12.3. The van der Waals surface area contributed by atoms with Crippen molar-refractivity contribution in [2.24, 2.45) is 0 Å². The number of benzene rings is 1.